The van der Waals surface area contributed by atoms with E-state index in [9.17, 15) is 4.79 Å². The van der Waals surface area contributed by atoms with E-state index in [2.05, 4.69) is 22.0 Å². The summed E-state index contributed by atoms with van der Waals surface area (Å²) in [5.41, 5.74) is 4.91. The van der Waals surface area contributed by atoms with Crippen molar-refractivity contribution in [3.63, 3.8) is 0 Å². The summed E-state index contributed by atoms with van der Waals surface area (Å²) in [6.07, 6.45) is 0. The number of hydrogen-bond donors (Lipinski definition) is 1. The molecule has 0 unspecified atom stereocenters. The molecule has 2 heterocycles. The molecule has 7 heteroatoms. The SMILES string of the molecule is CN(Cc1cscn1)Cc1cc(-c2cccs2)ccc1OCC(=O)O. The third-order valence-electron chi connectivity index (χ3n) is 3.57. The lowest BCUT2D eigenvalue weighted by atomic mass is 10.1. The Hall–Kier alpha value is -2.22. The van der Waals surface area contributed by atoms with Crippen LogP contribution in [0.3, 0.4) is 0 Å². The minimum absolute atomic E-state index is 0.346. The first-order valence-electron chi connectivity index (χ1n) is 7.69. The Morgan fingerprint density at radius 1 is 1.32 bits per heavy atom. The van der Waals surface area contributed by atoms with Crippen molar-refractivity contribution in [2.45, 2.75) is 13.1 Å². The van der Waals surface area contributed by atoms with Crippen LogP contribution in [-0.4, -0.2) is 34.6 Å². The molecule has 0 atom stereocenters. The molecular weight excluding hydrogens is 356 g/mol. The predicted molar refractivity (Wildman–Crippen MR) is 100 cm³/mol. The summed E-state index contributed by atoms with van der Waals surface area (Å²) >= 11 is 3.25. The second-order valence-electron chi connectivity index (χ2n) is 5.63. The van der Waals surface area contributed by atoms with Gasteiger partial charge in [-0.2, -0.15) is 0 Å². The highest BCUT2D eigenvalue weighted by molar-refractivity contribution is 7.13. The summed E-state index contributed by atoms with van der Waals surface area (Å²) in [5, 5.41) is 13.0. The first kappa shape index (κ1) is 17.6. The van der Waals surface area contributed by atoms with E-state index in [1.807, 2.05) is 41.5 Å². The fraction of sp³-hybridized carbons (Fsp3) is 0.222. The van der Waals surface area contributed by atoms with Crippen LogP contribution in [0.1, 0.15) is 11.3 Å². The Labute approximate surface area is 154 Å². The quantitative estimate of drug-likeness (QED) is 0.646. The van der Waals surface area contributed by atoms with Crippen LogP contribution in [0.25, 0.3) is 10.4 Å². The van der Waals surface area contributed by atoms with Crippen LogP contribution in [0.2, 0.25) is 0 Å². The van der Waals surface area contributed by atoms with Crippen molar-refractivity contribution >= 4 is 28.6 Å². The van der Waals surface area contributed by atoms with E-state index in [1.54, 1.807) is 22.7 Å². The molecule has 0 aliphatic heterocycles. The summed E-state index contributed by atoms with van der Waals surface area (Å²) in [6, 6.07) is 9.97. The third-order valence-corrected chi connectivity index (χ3v) is 5.13. The van der Waals surface area contributed by atoms with Crippen molar-refractivity contribution in [1.82, 2.24) is 9.88 Å². The molecule has 0 amide bonds. The molecule has 130 valence electrons. The molecule has 0 saturated heterocycles. The van der Waals surface area contributed by atoms with E-state index in [-0.39, 0.29) is 6.61 Å². The normalized spacial score (nSPS) is 11.0. The van der Waals surface area contributed by atoms with Gasteiger partial charge in [-0.25, -0.2) is 9.78 Å². The monoisotopic (exact) mass is 374 g/mol. The second-order valence-corrected chi connectivity index (χ2v) is 7.30. The molecule has 1 N–H and O–H groups in total. The Kier molecular flexibility index (Phi) is 5.80. The molecular formula is C18H18N2O3S2. The van der Waals surface area contributed by atoms with Crippen molar-refractivity contribution in [2.24, 2.45) is 0 Å². The molecule has 5 nitrogen and oxygen atoms in total. The topological polar surface area (TPSA) is 62.7 Å². The van der Waals surface area contributed by atoms with Crippen LogP contribution < -0.4 is 4.74 Å². The number of ether oxygens (including phenoxy) is 1. The Balaban J connectivity index is 1.81. The molecule has 0 saturated carbocycles. The Morgan fingerprint density at radius 3 is 2.88 bits per heavy atom. The highest BCUT2D eigenvalue weighted by atomic mass is 32.1. The van der Waals surface area contributed by atoms with Gasteiger partial charge < -0.3 is 9.84 Å². The fourth-order valence-electron chi connectivity index (χ4n) is 2.52. The fourth-order valence-corrected chi connectivity index (χ4v) is 3.79. The summed E-state index contributed by atoms with van der Waals surface area (Å²) < 4.78 is 5.47. The van der Waals surface area contributed by atoms with Gasteiger partial charge in [0.15, 0.2) is 6.61 Å². The molecule has 0 aliphatic carbocycles. The standard InChI is InChI=1S/C18H18N2O3S2/c1-20(9-15-11-24-12-19-15)8-14-7-13(17-3-2-6-25-17)4-5-16(14)23-10-18(21)22/h2-7,11-12H,8-10H2,1H3,(H,21,22). The van der Waals surface area contributed by atoms with Crippen LogP contribution in [-0.2, 0) is 17.9 Å². The lowest BCUT2D eigenvalue weighted by molar-refractivity contribution is -0.139. The number of aliphatic carboxylic acids is 1. The maximum absolute atomic E-state index is 10.8. The summed E-state index contributed by atoms with van der Waals surface area (Å²) in [7, 11) is 2.01. The number of carboxylic acids is 1. The van der Waals surface area contributed by atoms with Crippen LogP contribution in [0.4, 0.5) is 0 Å². The Bertz CT molecular complexity index is 817. The summed E-state index contributed by atoms with van der Waals surface area (Å²) in [6.45, 7) is 1.03. The largest absolute Gasteiger partial charge is 0.482 e. The van der Waals surface area contributed by atoms with E-state index in [0.29, 0.717) is 12.3 Å². The van der Waals surface area contributed by atoms with Gasteiger partial charge in [-0.15, -0.1) is 22.7 Å². The van der Waals surface area contributed by atoms with Crippen LogP contribution >= 0.6 is 22.7 Å². The van der Waals surface area contributed by atoms with E-state index < -0.39 is 5.97 Å². The van der Waals surface area contributed by atoms with Gasteiger partial charge in [-0.3, -0.25) is 4.90 Å². The number of nitrogens with zero attached hydrogens (tertiary/aromatic N) is 2. The molecule has 0 radical (unpaired) electrons. The van der Waals surface area contributed by atoms with E-state index in [0.717, 1.165) is 23.4 Å². The Morgan fingerprint density at radius 2 is 2.20 bits per heavy atom. The number of thiophene rings is 1. The van der Waals surface area contributed by atoms with Gasteiger partial charge in [0.05, 0.1) is 11.2 Å². The first-order valence-corrected chi connectivity index (χ1v) is 9.51. The molecule has 0 fully saturated rings. The molecule has 0 aliphatic rings. The van der Waals surface area contributed by atoms with Gasteiger partial charge in [0, 0.05) is 28.9 Å². The molecule has 25 heavy (non-hydrogen) atoms. The van der Waals surface area contributed by atoms with Crippen LogP contribution in [0.15, 0.2) is 46.6 Å². The van der Waals surface area contributed by atoms with Crippen molar-refractivity contribution in [1.29, 1.82) is 0 Å². The average Bonchev–Trinajstić information content (AvgIpc) is 3.27. The number of aromatic nitrogens is 1. The van der Waals surface area contributed by atoms with E-state index in [1.165, 1.54) is 4.88 Å². The lowest BCUT2D eigenvalue weighted by Gasteiger charge is -2.18. The van der Waals surface area contributed by atoms with Crippen molar-refractivity contribution in [2.75, 3.05) is 13.7 Å². The van der Waals surface area contributed by atoms with Crippen molar-refractivity contribution in [3.8, 4) is 16.2 Å². The van der Waals surface area contributed by atoms with Crippen LogP contribution in [0.5, 0.6) is 5.75 Å². The number of benzene rings is 1. The minimum Gasteiger partial charge on any atom is -0.482 e. The molecule has 3 aromatic rings. The zero-order valence-corrected chi connectivity index (χ0v) is 15.3. The molecule has 0 spiro atoms. The average molecular weight is 374 g/mol. The predicted octanol–water partition coefficient (Wildman–Crippen LogP) is 3.97. The number of carbonyl (C=O) groups is 1. The maximum Gasteiger partial charge on any atom is 0.341 e. The zero-order chi connectivity index (χ0) is 17.6. The third kappa shape index (κ3) is 4.88. The minimum atomic E-state index is -0.982. The highest BCUT2D eigenvalue weighted by Crippen LogP contribution is 2.30. The second kappa shape index (κ2) is 8.24. The van der Waals surface area contributed by atoms with Gasteiger partial charge in [0.2, 0.25) is 0 Å². The van der Waals surface area contributed by atoms with Gasteiger partial charge >= 0.3 is 5.97 Å². The first-order chi connectivity index (χ1) is 12.1. The van der Waals surface area contributed by atoms with Crippen LogP contribution in [0, 0.1) is 0 Å². The smallest absolute Gasteiger partial charge is 0.341 e. The number of thiazole rings is 1. The van der Waals surface area contributed by atoms with Crippen molar-refractivity contribution < 1.29 is 14.6 Å². The number of carboxylic acid groups (broad SMARTS) is 1. The van der Waals surface area contributed by atoms with Gasteiger partial charge in [0.1, 0.15) is 5.75 Å². The molecule has 1 aromatic carbocycles. The van der Waals surface area contributed by atoms with E-state index >= 15 is 0 Å². The molecule has 2 aromatic heterocycles. The highest BCUT2D eigenvalue weighted by Gasteiger charge is 2.12. The molecule has 0 bridgehead atoms. The van der Waals surface area contributed by atoms with Gasteiger partial charge in [0.25, 0.3) is 0 Å². The van der Waals surface area contributed by atoms with E-state index in [4.69, 9.17) is 9.84 Å². The molecule has 3 rings (SSSR count). The maximum atomic E-state index is 10.8. The summed E-state index contributed by atoms with van der Waals surface area (Å²) in [5.74, 6) is -0.378. The summed E-state index contributed by atoms with van der Waals surface area (Å²) in [4.78, 5) is 18.4. The number of rotatable bonds is 8. The van der Waals surface area contributed by atoms with Gasteiger partial charge in [-0.1, -0.05) is 6.07 Å². The van der Waals surface area contributed by atoms with Gasteiger partial charge in [-0.05, 0) is 42.3 Å². The lowest BCUT2D eigenvalue weighted by Crippen LogP contribution is -2.19. The zero-order valence-electron chi connectivity index (χ0n) is 13.7. The van der Waals surface area contributed by atoms with Crippen molar-refractivity contribution in [3.05, 3.63) is 57.9 Å². The number of hydrogen-bond acceptors (Lipinski definition) is 6.